The van der Waals surface area contributed by atoms with Crippen LogP contribution in [0.5, 0.6) is 17.2 Å². The van der Waals surface area contributed by atoms with E-state index < -0.39 is 0 Å². The number of fused-ring (bicyclic) bond motifs is 3. The SMILES string of the molecule is CCC(C)(C)C1CCc2sc3ncnc(NN=Cc4cc(OC)c(OC)c(OC)c4)c3c2C1. The van der Waals surface area contributed by atoms with Gasteiger partial charge in [-0.05, 0) is 48.3 Å². The summed E-state index contributed by atoms with van der Waals surface area (Å²) in [6.45, 7) is 7.05. The van der Waals surface area contributed by atoms with E-state index in [2.05, 4.69) is 41.3 Å². The monoisotopic (exact) mass is 468 g/mol. The molecule has 2 aromatic heterocycles. The summed E-state index contributed by atoms with van der Waals surface area (Å²) in [6, 6.07) is 3.71. The highest BCUT2D eigenvalue weighted by molar-refractivity contribution is 7.19. The summed E-state index contributed by atoms with van der Waals surface area (Å²) in [4.78, 5) is 11.5. The fourth-order valence-corrected chi connectivity index (χ4v) is 5.68. The van der Waals surface area contributed by atoms with Crippen molar-refractivity contribution in [3.05, 3.63) is 34.5 Å². The molecule has 176 valence electrons. The highest BCUT2D eigenvalue weighted by Gasteiger charge is 2.33. The first-order chi connectivity index (χ1) is 15.9. The van der Waals surface area contributed by atoms with Crippen molar-refractivity contribution in [3.8, 4) is 17.2 Å². The molecular formula is C25H32N4O3S. The van der Waals surface area contributed by atoms with Gasteiger partial charge in [-0.25, -0.2) is 9.97 Å². The summed E-state index contributed by atoms with van der Waals surface area (Å²) >= 11 is 1.79. The van der Waals surface area contributed by atoms with Crippen LogP contribution in [-0.4, -0.2) is 37.5 Å². The summed E-state index contributed by atoms with van der Waals surface area (Å²) in [5, 5.41) is 5.58. The molecule has 0 fully saturated rings. The van der Waals surface area contributed by atoms with Crippen LogP contribution in [-0.2, 0) is 12.8 Å². The minimum atomic E-state index is 0.319. The van der Waals surface area contributed by atoms with E-state index >= 15 is 0 Å². The molecule has 0 radical (unpaired) electrons. The van der Waals surface area contributed by atoms with Crippen molar-refractivity contribution in [1.82, 2.24) is 9.97 Å². The Balaban J connectivity index is 1.63. The summed E-state index contributed by atoms with van der Waals surface area (Å²) in [5.74, 6) is 3.12. The Morgan fingerprint density at radius 1 is 1.15 bits per heavy atom. The number of anilines is 1. The zero-order chi connectivity index (χ0) is 23.6. The second-order valence-electron chi connectivity index (χ2n) is 9.02. The van der Waals surface area contributed by atoms with E-state index in [-0.39, 0.29) is 0 Å². The minimum Gasteiger partial charge on any atom is -0.493 e. The molecule has 1 unspecified atom stereocenters. The van der Waals surface area contributed by atoms with Crippen LogP contribution >= 0.6 is 11.3 Å². The number of hydrazone groups is 1. The number of nitrogens with one attached hydrogen (secondary N) is 1. The maximum Gasteiger partial charge on any atom is 0.203 e. The molecule has 1 aromatic carbocycles. The lowest BCUT2D eigenvalue weighted by Crippen LogP contribution is -2.28. The van der Waals surface area contributed by atoms with Crippen LogP contribution in [0, 0.1) is 11.3 Å². The Labute approximate surface area is 199 Å². The van der Waals surface area contributed by atoms with Gasteiger partial charge in [0, 0.05) is 10.4 Å². The third-order valence-corrected chi connectivity index (χ3v) is 8.13. The van der Waals surface area contributed by atoms with Gasteiger partial charge < -0.3 is 14.2 Å². The summed E-state index contributed by atoms with van der Waals surface area (Å²) in [7, 11) is 4.78. The van der Waals surface area contributed by atoms with Crippen LogP contribution in [0.1, 0.15) is 49.6 Å². The molecule has 7 nitrogen and oxygen atoms in total. The smallest absolute Gasteiger partial charge is 0.203 e. The van der Waals surface area contributed by atoms with Crippen LogP contribution < -0.4 is 19.6 Å². The number of aromatic nitrogens is 2. The largest absolute Gasteiger partial charge is 0.493 e. The van der Waals surface area contributed by atoms with Crippen LogP contribution in [0.25, 0.3) is 10.2 Å². The molecular weight excluding hydrogens is 436 g/mol. The molecule has 0 aliphatic heterocycles. The van der Waals surface area contributed by atoms with Crippen molar-refractivity contribution in [3.63, 3.8) is 0 Å². The predicted molar refractivity (Wildman–Crippen MR) is 134 cm³/mol. The first-order valence-electron chi connectivity index (χ1n) is 11.3. The molecule has 0 saturated carbocycles. The lowest BCUT2D eigenvalue weighted by molar-refractivity contribution is 0.184. The van der Waals surface area contributed by atoms with Gasteiger partial charge >= 0.3 is 0 Å². The van der Waals surface area contributed by atoms with Gasteiger partial charge in [-0.3, -0.25) is 5.43 Å². The molecule has 1 aliphatic carbocycles. The zero-order valence-corrected chi connectivity index (χ0v) is 21.0. The summed E-state index contributed by atoms with van der Waals surface area (Å²) in [6.07, 6.45) is 7.91. The van der Waals surface area contributed by atoms with Gasteiger partial charge in [0.1, 0.15) is 11.2 Å². The van der Waals surface area contributed by atoms with E-state index in [1.807, 2.05) is 12.1 Å². The molecule has 1 atom stereocenters. The van der Waals surface area contributed by atoms with Gasteiger partial charge in [0.05, 0.1) is 32.9 Å². The highest BCUT2D eigenvalue weighted by Crippen LogP contribution is 2.45. The maximum atomic E-state index is 5.43. The van der Waals surface area contributed by atoms with Crippen molar-refractivity contribution < 1.29 is 14.2 Å². The number of rotatable bonds is 8. The molecule has 0 amide bonds. The van der Waals surface area contributed by atoms with E-state index in [4.69, 9.17) is 14.2 Å². The standard InChI is InChI=1S/C25H32N4O3S/c1-7-25(2,3)16-8-9-20-17(12-16)21-23(26-14-27-24(21)33-20)29-28-13-15-10-18(30-4)22(32-6)19(11-15)31-5/h10-11,13-14,16H,7-9,12H2,1-6H3,(H,26,27,29). The van der Waals surface area contributed by atoms with Gasteiger partial charge in [-0.2, -0.15) is 5.10 Å². The second kappa shape index (κ2) is 9.55. The van der Waals surface area contributed by atoms with Crippen molar-refractivity contribution in [2.75, 3.05) is 26.8 Å². The average Bonchev–Trinajstić information content (AvgIpc) is 3.22. The molecule has 1 N–H and O–H groups in total. The fourth-order valence-electron chi connectivity index (χ4n) is 4.49. The van der Waals surface area contributed by atoms with Crippen molar-refractivity contribution >= 4 is 33.6 Å². The Bertz CT molecular complexity index is 1150. The number of methoxy groups -OCH3 is 3. The van der Waals surface area contributed by atoms with Crippen molar-refractivity contribution in [2.45, 2.75) is 46.5 Å². The minimum absolute atomic E-state index is 0.319. The zero-order valence-electron chi connectivity index (χ0n) is 20.2. The third kappa shape index (κ3) is 4.49. The number of hydrogen-bond donors (Lipinski definition) is 1. The van der Waals surface area contributed by atoms with Gasteiger partial charge in [-0.1, -0.05) is 27.2 Å². The molecule has 0 saturated heterocycles. The van der Waals surface area contributed by atoms with Crippen molar-refractivity contribution in [1.29, 1.82) is 0 Å². The van der Waals surface area contributed by atoms with Crippen molar-refractivity contribution in [2.24, 2.45) is 16.4 Å². The molecule has 33 heavy (non-hydrogen) atoms. The van der Waals surface area contributed by atoms with Gasteiger partial charge in [-0.15, -0.1) is 11.3 Å². The van der Waals surface area contributed by atoms with E-state index in [9.17, 15) is 0 Å². The Hall–Kier alpha value is -2.87. The van der Waals surface area contributed by atoms with Gasteiger partial charge in [0.15, 0.2) is 17.3 Å². The third-order valence-electron chi connectivity index (χ3n) is 6.93. The second-order valence-corrected chi connectivity index (χ2v) is 10.1. The average molecular weight is 469 g/mol. The lowest BCUT2D eigenvalue weighted by atomic mass is 9.69. The number of thiophene rings is 1. The number of aryl methyl sites for hydroxylation is 1. The van der Waals surface area contributed by atoms with E-state index in [0.717, 1.165) is 34.4 Å². The first kappa shape index (κ1) is 23.3. The molecule has 0 spiro atoms. The Kier molecular flexibility index (Phi) is 6.74. The highest BCUT2D eigenvalue weighted by atomic mass is 32.1. The molecule has 3 aromatic rings. The van der Waals surface area contributed by atoms with E-state index in [1.54, 1.807) is 45.2 Å². The fraction of sp³-hybridized carbons (Fsp3) is 0.480. The van der Waals surface area contributed by atoms with E-state index in [0.29, 0.717) is 28.6 Å². The number of nitrogens with zero attached hydrogens (tertiary/aromatic N) is 3. The summed E-state index contributed by atoms with van der Waals surface area (Å²) < 4.78 is 16.3. The molecule has 8 heteroatoms. The lowest BCUT2D eigenvalue weighted by Gasteiger charge is -2.36. The summed E-state index contributed by atoms with van der Waals surface area (Å²) in [5.41, 5.74) is 5.68. The quantitative estimate of drug-likeness (QED) is 0.337. The van der Waals surface area contributed by atoms with E-state index in [1.165, 1.54) is 23.3 Å². The molecule has 4 rings (SSSR count). The Morgan fingerprint density at radius 2 is 1.88 bits per heavy atom. The number of benzene rings is 1. The first-order valence-corrected chi connectivity index (χ1v) is 12.1. The predicted octanol–water partition coefficient (Wildman–Crippen LogP) is 5.70. The molecule has 0 bridgehead atoms. The van der Waals surface area contributed by atoms with Gasteiger partial charge in [0.25, 0.3) is 0 Å². The molecule has 2 heterocycles. The normalized spacial score (nSPS) is 16.1. The molecule has 1 aliphatic rings. The Morgan fingerprint density at radius 3 is 2.52 bits per heavy atom. The van der Waals surface area contributed by atoms with Crippen LogP contribution in [0.2, 0.25) is 0 Å². The number of ether oxygens (including phenoxy) is 3. The van der Waals surface area contributed by atoms with Crippen LogP contribution in [0.15, 0.2) is 23.6 Å². The topological polar surface area (TPSA) is 77.9 Å². The van der Waals surface area contributed by atoms with Crippen LogP contribution in [0.3, 0.4) is 0 Å². The number of hydrogen-bond acceptors (Lipinski definition) is 8. The van der Waals surface area contributed by atoms with Gasteiger partial charge in [0.2, 0.25) is 5.75 Å². The maximum absolute atomic E-state index is 5.43. The van der Waals surface area contributed by atoms with Crippen LogP contribution in [0.4, 0.5) is 5.82 Å².